The molecule has 0 aliphatic heterocycles. The van der Waals surface area contributed by atoms with Crippen molar-refractivity contribution in [3.63, 3.8) is 0 Å². The fourth-order valence-corrected chi connectivity index (χ4v) is 2.27. The van der Waals surface area contributed by atoms with Crippen molar-refractivity contribution >= 4 is 5.69 Å². The van der Waals surface area contributed by atoms with Gasteiger partial charge in [-0.2, -0.15) is 5.26 Å². The third kappa shape index (κ3) is 2.56. The summed E-state index contributed by atoms with van der Waals surface area (Å²) in [5, 5.41) is 11.8. The standard InChI is InChI=1S/C13H15FN2O/c1-17-13-4-2-3-12(13)16-11-6-5-9(8-15)7-10(11)14/h5-7,12-13,16H,2-4H2,1H3. The molecule has 0 heterocycles. The van der Waals surface area contributed by atoms with Crippen molar-refractivity contribution in [3.8, 4) is 6.07 Å². The Morgan fingerprint density at radius 1 is 1.47 bits per heavy atom. The molecule has 1 aliphatic carbocycles. The Kier molecular flexibility index (Phi) is 3.60. The number of nitrogens with one attached hydrogen (secondary N) is 1. The van der Waals surface area contributed by atoms with Gasteiger partial charge in [-0.05, 0) is 37.5 Å². The summed E-state index contributed by atoms with van der Waals surface area (Å²) >= 11 is 0. The quantitative estimate of drug-likeness (QED) is 0.874. The molecule has 17 heavy (non-hydrogen) atoms. The number of halogens is 1. The molecule has 1 N–H and O–H groups in total. The first-order valence-electron chi connectivity index (χ1n) is 5.73. The molecule has 0 saturated heterocycles. The van der Waals surface area contributed by atoms with Crippen LogP contribution in [-0.2, 0) is 4.74 Å². The van der Waals surface area contributed by atoms with Gasteiger partial charge in [0.2, 0.25) is 0 Å². The Hall–Kier alpha value is -1.60. The van der Waals surface area contributed by atoms with Crippen LogP contribution in [0.15, 0.2) is 18.2 Å². The Morgan fingerprint density at radius 3 is 2.94 bits per heavy atom. The van der Waals surface area contributed by atoms with Gasteiger partial charge in [-0.3, -0.25) is 0 Å². The van der Waals surface area contributed by atoms with Crippen molar-refractivity contribution in [2.24, 2.45) is 0 Å². The third-order valence-electron chi connectivity index (χ3n) is 3.19. The highest BCUT2D eigenvalue weighted by Gasteiger charge is 2.27. The molecule has 1 aliphatic rings. The van der Waals surface area contributed by atoms with E-state index >= 15 is 0 Å². The highest BCUT2D eigenvalue weighted by atomic mass is 19.1. The lowest BCUT2D eigenvalue weighted by Gasteiger charge is -2.21. The number of rotatable bonds is 3. The van der Waals surface area contributed by atoms with Crippen LogP contribution >= 0.6 is 0 Å². The van der Waals surface area contributed by atoms with E-state index in [0.717, 1.165) is 19.3 Å². The van der Waals surface area contributed by atoms with Gasteiger partial charge in [0.25, 0.3) is 0 Å². The Morgan fingerprint density at radius 2 is 2.29 bits per heavy atom. The predicted octanol–water partition coefficient (Wildman–Crippen LogP) is 2.68. The molecule has 1 fully saturated rings. The van der Waals surface area contributed by atoms with Crippen LogP contribution in [0.3, 0.4) is 0 Å². The number of methoxy groups -OCH3 is 1. The summed E-state index contributed by atoms with van der Waals surface area (Å²) in [7, 11) is 1.68. The molecule has 1 aromatic carbocycles. The molecular weight excluding hydrogens is 219 g/mol. The minimum atomic E-state index is -0.384. The van der Waals surface area contributed by atoms with E-state index in [0.29, 0.717) is 11.3 Å². The Balaban J connectivity index is 2.11. The number of anilines is 1. The molecule has 4 heteroatoms. The number of hydrogen-bond acceptors (Lipinski definition) is 3. The topological polar surface area (TPSA) is 45.0 Å². The smallest absolute Gasteiger partial charge is 0.147 e. The van der Waals surface area contributed by atoms with Gasteiger partial charge in [-0.1, -0.05) is 0 Å². The first kappa shape index (κ1) is 11.9. The van der Waals surface area contributed by atoms with Gasteiger partial charge in [-0.15, -0.1) is 0 Å². The predicted molar refractivity (Wildman–Crippen MR) is 63.2 cm³/mol. The second-order valence-electron chi connectivity index (χ2n) is 4.26. The van der Waals surface area contributed by atoms with Crippen molar-refractivity contribution in [1.29, 1.82) is 5.26 Å². The third-order valence-corrected chi connectivity index (χ3v) is 3.19. The SMILES string of the molecule is COC1CCCC1Nc1ccc(C#N)cc1F. The molecule has 0 spiro atoms. The van der Waals surface area contributed by atoms with Gasteiger partial charge < -0.3 is 10.1 Å². The fraction of sp³-hybridized carbons (Fsp3) is 0.462. The van der Waals surface area contributed by atoms with Crippen LogP contribution in [0, 0.1) is 17.1 Å². The molecule has 0 bridgehead atoms. The van der Waals surface area contributed by atoms with Crippen LogP contribution < -0.4 is 5.32 Å². The van der Waals surface area contributed by atoms with Gasteiger partial charge in [-0.25, -0.2) is 4.39 Å². The number of benzene rings is 1. The van der Waals surface area contributed by atoms with Crippen molar-refractivity contribution in [1.82, 2.24) is 0 Å². The molecule has 1 saturated carbocycles. The summed E-state index contributed by atoms with van der Waals surface area (Å²) in [4.78, 5) is 0. The van der Waals surface area contributed by atoms with Crippen LogP contribution in [-0.4, -0.2) is 19.3 Å². The summed E-state index contributed by atoms with van der Waals surface area (Å²) in [6.45, 7) is 0. The van der Waals surface area contributed by atoms with Crippen molar-refractivity contribution in [3.05, 3.63) is 29.6 Å². The molecule has 2 rings (SSSR count). The highest BCUT2D eigenvalue weighted by molar-refractivity contribution is 5.49. The van der Waals surface area contributed by atoms with Crippen molar-refractivity contribution in [2.45, 2.75) is 31.4 Å². The lowest BCUT2D eigenvalue weighted by atomic mass is 10.1. The zero-order valence-electron chi connectivity index (χ0n) is 9.74. The molecule has 2 atom stereocenters. The normalized spacial score (nSPS) is 23.4. The van der Waals surface area contributed by atoms with Gasteiger partial charge in [0.05, 0.1) is 29.5 Å². The number of nitriles is 1. The second-order valence-corrected chi connectivity index (χ2v) is 4.26. The monoisotopic (exact) mass is 234 g/mol. The Bertz CT molecular complexity index is 442. The summed E-state index contributed by atoms with van der Waals surface area (Å²) in [6, 6.07) is 6.54. The molecule has 1 aromatic rings. The van der Waals surface area contributed by atoms with Gasteiger partial charge >= 0.3 is 0 Å². The fourth-order valence-electron chi connectivity index (χ4n) is 2.27. The molecule has 0 aromatic heterocycles. The molecule has 0 radical (unpaired) electrons. The van der Waals surface area contributed by atoms with Crippen LogP contribution in [0.2, 0.25) is 0 Å². The van der Waals surface area contributed by atoms with Crippen LogP contribution in [0.4, 0.5) is 10.1 Å². The maximum absolute atomic E-state index is 13.7. The van der Waals surface area contributed by atoms with Gasteiger partial charge in [0.15, 0.2) is 0 Å². The van der Waals surface area contributed by atoms with E-state index in [1.165, 1.54) is 6.07 Å². The van der Waals surface area contributed by atoms with Crippen LogP contribution in [0.1, 0.15) is 24.8 Å². The molecule has 2 unspecified atom stereocenters. The molecule has 3 nitrogen and oxygen atoms in total. The molecule has 0 amide bonds. The maximum atomic E-state index is 13.7. The van der Waals surface area contributed by atoms with Gasteiger partial charge in [0, 0.05) is 7.11 Å². The first-order valence-corrected chi connectivity index (χ1v) is 5.73. The molecule has 90 valence electrons. The number of ether oxygens (including phenoxy) is 1. The summed E-state index contributed by atoms with van der Waals surface area (Å²) in [5.74, 6) is -0.384. The summed E-state index contributed by atoms with van der Waals surface area (Å²) in [5.41, 5.74) is 0.778. The van der Waals surface area contributed by atoms with E-state index in [2.05, 4.69) is 5.32 Å². The minimum Gasteiger partial charge on any atom is -0.379 e. The van der Waals surface area contributed by atoms with E-state index in [-0.39, 0.29) is 18.0 Å². The highest BCUT2D eigenvalue weighted by Crippen LogP contribution is 2.26. The minimum absolute atomic E-state index is 0.144. The van der Waals surface area contributed by atoms with Crippen molar-refractivity contribution in [2.75, 3.05) is 12.4 Å². The zero-order chi connectivity index (χ0) is 12.3. The van der Waals surface area contributed by atoms with E-state index in [9.17, 15) is 4.39 Å². The van der Waals surface area contributed by atoms with E-state index in [4.69, 9.17) is 10.00 Å². The van der Waals surface area contributed by atoms with Crippen LogP contribution in [0.25, 0.3) is 0 Å². The zero-order valence-corrected chi connectivity index (χ0v) is 9.74. The van der Waals surface area contributed by atoms with E-state index < -0.39 is 0 Å². The summed E-state index contributed by atoms with van der Waals surface area (Å²) in [6.07, 6.45) is 3.22. The Labute approximate surface area is 100 Å². The lowest BCUT2D eigenvalue weighted by Crippen LogP contribution is -2.30. The molecular formula is C13H15FN2O. The average Bonchev–Trinajstić information content (AvgIpc) is 2.79. The second kappa shape index (κ2) is 5.15. The summed E-state index contributed by atoms with van der Waals surface area (Å²) < 4.78 is 19.0. The lowest BCUT2D eigenvalue weighted by molar-refractivity contribution is 0.101. The maximum Gasteiger partial charge on any atom is 0.147 e. The average molecular weight is 234 g/mol. The van der Waals surface area contributed by atoms with E-state index in [1.54, 1.807) is 19.2 Å². The van der Waals surface area contributed by atoms with Crippen molar-refractivity contribution < 1.29 is 9.13 Å². The number of hydrogen-bond donors (Lipinski definition) is 1. The van der Waals surface area contributed by atoms with E-state index in [1.807, 2.05) is 6.07 Å². The largest absolute Gasteiger partial charge is 0.379 e. The van der Waals surface area contributed by atoms with Crippen LogP contribution in [0.5, 0.6) is 0 Å². The number of nitrogens with zero attached hydrogens (tertiary/aromatic N) is 1. The van der Waals surface area contributed by atoms with Gasteiger partial charge in [0.1, 0.15) is 5.82 Å². The first-order chi connectivity index (χ1) is 8.24.